The number of pyridine rings is 1. The van der Waals surface area contributed by atoms with Gasteiger partial charge < -0.3 is 36.1 Å². The lowest BCUT2D eigenvalue weighted by Gasteiger charge is -2.32. The van der Waals surface area contributed by atoms with Gasteiger partial charge in [0.15, 0.2) is 17.0 Å². The highest BCUT2D eigenvalue weighted by Crippen LogP contribution is 2.33. The Labute approximate surface area is 240 Å². The van der Waals surface area contributed by atoms with Crippen molar-refractivity contribution in [2.24, 2.45) is 5.73 Å². The van der Waals surface area contributed by atoms with E-state index in [9.17, 15) is 9.59 Å². The number of hydrogen-bond donors (Lipinski definition) is 4. The Morgan fingerprint density at radius 1 is 0.976 bits per heavy atom. The summed E-state index contributed by atoms with van der Waals surface area (Å²) < 4.78 is 2.18. The van der Waals surface area contributed by atoms with Gasteiger partial charge in [-0.2, -0.15) is 9.97 Å². The normalized spacial score (nSPS) is 16.3. The molecular formula is C28H41N11O2. The van der Waals surface area contributed by atoms with Gasteiger partial charge in [-0.1, -0.05) is 25.7 Å². The fraction of sp³-hybridized carbons (Fsp3) is 0.571. The number of likely N-dealkylation sites (N-methyl/N-ethyl adjacent to an activating group) is 1. The third-order valence-corrected chi connectivity index (χ3v) is 7.86. The van der Waals surface area contributed by atoms with E-state index in [1.165, 1.54) is 12.8 Å². The molecule has 3 amide bonds. The fourth-order valence-electron chi connectivity index (χ4n) is 5.45. The second-order valence-corrected chi connectivity index (χ2v) is 10.9. The van der Waals surface area contributed by atoms with Crippen LogP contribution in [0.15, 0.2) is 24.7 Å². The molecule has 13 heteroatoms. The predicted molar refractivity (Wildman–Crippen MR) is 158 cm³/mol. The highest BCUT2D eigenvalue weighted by molar-refractivity contribution is 5.93. The minimum atomic E-state index is -0.480. The number of nitrogens with two attached hydrogens (primary N) is 1. The van der Waals surface area contributed by atoms with Crippen molar-refractivity contribution in [3.63, 3.8) is 0 Å². The van der Waals surface area contributed by atoms with Crippen molar-refractivity contribution in [3.8, 4) is 0 Å². The molecule has 1 saturated heterocycles. The molecule has 1 saturated carbocycles. The Balaban J connectivity index is 1.26. The fourth-order valence-corrected chi connectivity index (χ4v) is 5.45. The Bertz CT molecular complexity index is 1310. The average molecular weight is 564 g/mol. The molecule has 41 heavy (non-hydrogen) atoms. The van der Waals surface area contributed by atoms with Crippen molar-refractivity contribution in [1.82, 2.24) is 39.6 Å². The van der Waals surface area contributed by atoms with Gasteiger partial charge in [0.2, 0.25) is 5.95 Å². The Morgan fingerprint density at radius 3 is 2.44 bits per heavy atom. The number of imidazole rings is 1. The highest BCUT2D eigenvalue weighted by Gasteiger charge is 2.23. The Morgan fingerprint density at radius 2 is 1.73 bits per heavy atom. The number of amides is 3. The van der Waals surface area contributed by atoms with Crippen molar-refractivity contribution in [2.45, 2.75) is 57.4 Å². The molecule has 0 spiro atoms. The molecule has 3 aromatic heterocycles. The topological polar surface area (TPSA) is 159 Å². The molecule has 220 valence electrons. The first kappa shape index (κ1) is 28.5. The van der Waals surface area contributed by atoms with Crippen molar-refractivity contribution < 1.29 is 9.59 Å². The van der Waals surface area contributed by atoms with E-state index in [0.717, 1.165) is 69.5 Å². The number of nitrogens with one attached hydrogen (secondary N) is 3. The number of primary amides is 1. The number of rotatable bonds is 12. The third-order valence-electron chi connectivity index (χ3n) is 7.86. The molecule has 0 aromatic carbocycles. The lowest BCUT2D eigenvalue weighted by Crippen LogP contribution is -2.47. The van der Waals surface area contributed by atoms with Crippen LogP contribution in [0, 0.1) is 0 Å². The standard InChI is InChI=1S/C28H41N11O2/c1-37-14-16-38(17-15-37)26(40)22-11-10-20(18-32-22)34-24-23-25(39(19-33-23)21-8-4-5-9-21)36-28(35-24)31-13-7-3-2-6-12-30-27(29)41/h10-11,18-19,21H,2-9,12-17H2,1H3,(H3,29,30,41)(H2,31,34,35,36). The SMILES string of the molecule is CN1CCN(C(=O)c2ccc(Nc3nc(NCCCCCCNC(N)=O)nc4c3ncn4C3CCCC3)cn2)CC1. The van der Waals surface area contributed by atoms with E-state index >= 15 is 0 Å². The summed E-state index contributed by atoms with van der Waals surface area (Å²) in [5, 5.41) is 9.37. The van der Waals surface area contributed by atoms with Gasteiger partial charge in [-0.15, -0.1) is 0 Å². The molecule has 5 N–H and O–H groups in total. The number of urea groups is 1. The zero-order valence-electron chi connectivity index (χ0n) is 23.8. The van der Waals surface area contributed by atoms with Gasteiger partial charge >= 0.3 is 6.03 Å². The van der Waals surface area contributed by atoms with Crippen molar-refractivity contribution >= 4 is 40.6 Å². The first-order valence-corrected chi connectivity index (χ1v) is 14.7. The number of hydrogen-bond acceptors (Lipinski definition) is 9. The van der Waals surface area contributed by atoms with Crippen LogP contribution in [-0.4, -0.2) is 92.6 Å². The van der Waals surface area contributed by atoms with Crippen molar-refractivity contribution in [3.05, 3.63) is 30.4 Å². The van der Waals surface area contributed by atoms with E-state index < -0.39 is 6.03 Å². The van der Waals surface area contributed by atoms with Crippen LogP contribution < -0.4 is 21.7 Å². The first-order chi connectivity index (χ1) is 20.0. The summed E-state index contributed by atoms with van der Waals surface area (Å²) in [6.07, 6.45) is 12.1. The number of carbonyl (C=O) groups excluding carboxylic acids is 2. The molecule has 3 aromatic rings. The van der Waals surface area contributed by atoms with Gasteiger partial charge in [0.25, 0.3) is 5.91 Å². The number of nitrogens with zero attached hydrogens (tertiary/aromatic N) is 7. The second-order valence-electron chi connectivity index (χ2n) is 10.9. The third kappa shape index (κ3) is 7.40. The highest BCUT2D eigenvalue weighted by atomic mass is 16.2. The van der Waals surface area contributed by atoms with Crippen LogP contribution in [0.2, 0.25) is 0 Å². The maximum absolute atomic E-state index is 12.9. The van der Waals surface area contributed by atoms with Gasteiger partial charge in [-0.05, 0) is 44.9 Å². The molecule has 0 radical (unpaired) electrons. The average Bonchev–Trinajstić information content (AvgIpc) is 3.65. The molecule has 2 aliphatic rings. The van der Waals surface area contributed by atoms with Crippen LogP contribution in [0.4, 0.5) is 22.2 Å². The van der Waals surface area contributed by atoms with Gasteiger partial charge in [0.1, 0.15) is 5.69 Å². The van der Waals surface area contributed by atoms with E-state index in [0.29, 0.717) is 48.7 Å². The number of fused-ring (bicyclic) bond motifs is 1. The summed E-state index contributed by atoms with van der Waals surface area (Å²) in [6.45, 7) is 4.49. The van der Waals surface area contributed by atoms with Crippen LogP contribution >= 0.6 is 0 Å². The maximum atomic E-state index is 12.9. The van der Waals surface area contributed by atoms with Crippen LogP contribution in [0.3, 0.4) is 0 Å². The number of anilines is 3. The summed E-state index contributed by atoms with van der Waals surface area (Å²) in [4.78, 5) is 46.5. The zero-order chi connectivity index (χ0) is 28.6. The maximum Gasteiger partial charge on any atom is 0.312 e. The molecular weight excluding hydrogens is 522 g/mol. The monoisotopic (exact) mass is 563 g/mol. The van der Waals surface area contributed by atoms with Crippen molar-refractivity contribution in [1.29, 1.82) is 0 Å². The summed E-state index contributed by atoms with van der Waals surface area (Å²) in [7, 11) is 2.07. The summed E-state index contributed by atoms with van der Waals surface area (Å²) in [6, 6.07) is 3.53. The van der Waals surface area contributed by atoms with Crippen LogP contribution in [-0.2, 0) is 0 Å². The van der Waals surface area contributed by atoms with Crippen LogP contribution in [0.25, 0.3) is 11.2 Å². The summed E-state index contributed by atoms with van der Waals surface area (Å²) in [5.41, 5.74) is 7.79. The second kappa shape index (κ2) is 13.6. The summed E-state index contributed by atoms with van der Waals surface area (Å²) >= 11 is 0. The van der Waals surface area contributed by atoms with E-state index in [1.807, 2.05) is 17.3 Å². The number of unbranched alkanes of at least 4 members (excludes halogenated alkanes) is 3. The van der Waals surface area contributed by atoms with E-state index in [4.69, 9.17) is 15.7 Å². The lowest BCUT2D eigenvalue weighted by molar-refractivity contribution is 0.0658. The number of aromatic nitrogens is 5. The molecule has 0 atom stereocenters. The van der Waals surface area contributed by atoms with Crippen molar-refractivity contribution in [2.75, 3.05) is 56.9 Å². The van der Waals surface area contributed by atoms with E-state index in [-0.39, 0.29) is 5.91 Å². The zero-order valence-corrected chi connectivity index (χ0v) is 23.8. The molecule has 1 aliphatic carbocycles. The first-order valence-electron chi connectivity index (χ1n) is 14.7. The molecule has 5 rings (SSSR count). The van der Waals surface area contributed by atoms with Gasteiger partial charge in [-0.3, -0.25) is 4.79 Å². The number of carbonyl (C=O) groups is 2. The molecule has 0 unspecified atom stereocenters. The van der Waals surface area contributed by atoms with Crippen LogP contribution in [0.5, 0.6) is 0 Å². The van der Waals surface area contributed by atoms with Gasteiger partial charge in [0.05, 0.1) is 18.2 Å². The quantitative estimate of drug-likeness (QED) is 0.243. The lowest BCUT2D eigenvalue weighted by atomic mass is 10.2. The predicted octanol–water partition coefficient (Wildman–Crippen LogP) is 3.11. The molecule has 0 bridgehead atoms. The Kier molecular flexibility index (Phi) is 9.44. The van der Waals surface area contributed by atoms with Gasteiger partial charge in [-0.25, -0.2) is 14.8 Å². The Hall–Kier alpha value is -4.00. The molecule has 4 heterocycles. The molecule has 1 aliphatic heterocycles. The molecule has 13 nitrogen and oxygen atoms in total. The smallest absolute Gasteiger partial charge is 0.312 e. The minimum absolute atomic E-state index is 0.0417. The molecule has 2 fully saturated rings. The summed E-state index contributed by atoms with van der Waals surface area (Å²) in [5.74, 6) is 1.11. The van der Waals surface area contributed by atoms with E-state index in [1.54, 1.807) is 12.3 Å². The van der Waals surface area contributed by atoms with E-state index in [2.05, 4.69) is 42.4 Å². The largest absolute Gasteiger partial charge is 0.354 e. The van der Waals surface area contributed by atoms with Crippen LogP contribution in [0.1, 0.15) is 67.9 Å². The number of piperazine rings is 1. The van der Waals surface area contributed by atoms with Gasteiger partial charge in [0, 0.05) is 45.3 Å². The minimum Gasteiger partial charge on any atom is -0.354 e.